The molecule has 88 valence electrons. The lowest BCUT2D eigenvalue weighted by Gasteiger charge is -2.07. The van der Waals surface area contributed by atoms with Crippen LogP contribution in [0.2, 0.25) is 0 Å². The summed E-state index contributed by atoms with van der Waals surface area (Å²) in [5, 5.41) is 2.04. The molecule has 0 aliphatic carbocycles. The lowest BCUT2D eigenvalue weighted by Crippen LogP contribution is -1.93. The van der Waals surface area contributed by atoms with Gasteiger partial charge in [-0.15, -0.1) is 0 Å². The van der Waals surface area contributed by atoms with Crippen molar-refractivity contribution in [1.82, 2.24) is 9.97 Å². The molecule has 0 bridgehead atoms. The number of nitrogens with zero attached hydrogens (tertiary/aromatic N) is 1. The Labute approximate surface area is 108 Å². The van der Waals surface area contributed by atoms with Crippen molar-refractivity contribution in [2.75, 3.05) is 0 Å². The third kappa shape index (κ3) is 1.80. The second-order valence-electron chi connectivity index (χ2n) is 3.94. The van der Waals surface area contributed by atoms with E-state index in [1.54, 1.807) is 0 Å². The molecular weight excluding hydrogens is 247 g/mol. The van der Waals surface area contributed by atoms with Gasteiger partial charge in [0, 0.05) is 5.56 Å². The molecule has 18 heavy (non-hydrogen) atoms. The van der Waals surface area contributed by atoms with Crippen molar-refractivity contribution >= 4 is 23.0 Å². The molecule has 1 N–H and O–H groups in total. The highest BCUT2D eigenvalue weighted by Gasteiger charge is 2.08. The first-order chi connectivity index (χ1) is 8.75. The zero-order chi connectivity index (χ0) is 12.5. The molecule has 0 spiro atoms. The molecule has 0 fully saturated rings. The van der Waals surface area contributed by atoms with Crippen LogP contribution in [0.15, 0.2) is 48.7 Å². The zero-order valence-corrected chi connectivity index (χ0v) is 10.2. The van der Waals surface area contributed by atoms with Crippen molar-refractivity contribution in [2.24, 2.45) is 0 Å². The average molecular weight is 256 g/mol. The maximum absolute atomic E-state index is 13.8. The summed E-state index contributed by atoms with van der Waals surface area (Å²) in [6.45, 7) is 0. The Kier molecular flexibility index (Phi) is 2.64. The van der Waals surface area contributed by atoms with Gasteiger partial charge in [-0.25, -0.2) is 9.37 Å². The highest BCUT2D eigenvalue weighted by Crippen LogP contribution is 2.28. The third-order valence-electron chi connectivity index (χ3n) is 2.82. The molecule has 2 nitrogen and oxygen atoms in total. The van der Waals surface area contributed by atoms with Crippen LogP contribution in [0.1, 0.15) is 0 Å². The second kappa shape index (κ2) is 4.31. The Bertz CT molecular complexity index is 775. The Balaban J connectivity index is 2.38. The summed E-state index contributed by atoms with van der Waals surface area (Å²) in [6, 6.07) is 13.6. The lowest BCUT2D eigenvalue weighted by molar-refractivity contribution is 0.617. The molecule has 0 unspecified atom stereocenters. The minimum Gasteiger partial charge on any atom is -0.328 e. The summed E-state index contributed by atoms with van der Waals surface area (Å²) >= 11 is 4.95. The summed E-state index contributed by atoms with van der Waals surface area (Å²) in [5.41, 5.74) is 1.17. The maximum atomic E-state index is 13.8. The molecule has 0 saturated carbocycles. The molecule has 1 aromatic heterocycles. The van der Waals surface area contributed by atoms with Crippen LogP contribution in [0.25, 0.3) is 22.0 Å². The van der Waals surface area contributed by atoms with Gasteiger partial charge in [-0.3, -0.25) is 0 Å². The largest absolute Gasteiger partial charge is 0.328 e. The Hall–Kier alpha value is -2.07. The van der Waals surface area contributed by atoms with Gasteiger partial charge in [-0.1, -0.05) is 42.5 Å². The van der Waals surface area contributed by atoms with E-state index in [2.05, 4.69) is 9.97 Å². The minimum absolute atomic E-state index is 0.277. The van der Waals surface area contributed by atoms with Gasteiger partial charge in [-0.05, 0) is 23.0 Å². The van der Waals surface area contributed by atoms with Crippen LogP contribution in [0, 0.1) is 10.6 Å². The van der Waals surface area contributed by atoms with E-state index in [1.165, 1.54) is 0 Å². The monoisotopic (exact) mass is 256 g/mol. The van der Waals surface area contributed by atoms with Gasteiger partial charge in [0.25, 0.3) is 0 Å². The molecule has 2 aromatic carbocycles. The number of benzene rings is 2. The predicted octanol–water partition coefficient (Wildman–Crippen LogP) is 4.10. The molecule has 0 aliphatic rings. The predicted molar refractivity (Wildman–Crippen MR) is 72.3 cm³/mol. The lowest BCUT2D eigenvalue weighted by atomic mass is 10.0. The normalized spacial score (nSPS) is 10.7. The van der Waals surface area contributed by atoms with Crippen molar-refractivity contribution in [1.29, 1.82) is 0 Å². The highest BCUT2D eigenvalue weighted by molar-refractivity contribution is 7.71. The number of hydrogen-bond acceptors (Lipinski definition) is 2. The standard InChI is InChI=1S/C14H9FN2S/c15-12-8-16-14(18)17-13(12)11-7-3-5-9-4-1-2-6-10(9)11/h1-8H,(H,16,17,18). The van der Waals surface area contributed by atoms with Crippen molar-refractivity contribution in [3.63, 3.8) is 0 Å². The number of H-pyrrole nitrogens is 1. The topological polar surface area (TPSA) is 28.7 Å². The summed E-state index contributed by atoms with van der Waals surface area (Å²) in [4.78, 5) is 6.54. The SMILES string of the molecule is Fc1cnc(=S)[nH]c1-c1cccc2ccccc12. The summed E-state index contributed by atoms with van der Waals surface area (Å²) in [6.07, 6.45) is 1.15. The van der Waals surface area contributed by atoms with E-state index in [9.17, 15) is 4.39 Å². The first-order valence-electron chi connectivity index (χ1n) is 5.48. The van der Waals surface area contributed by atoms with Crippen molar-refractivity contribution in [2.45, 2.75) is 0 Å². The first kappa shape index (κ1) is 11.0. The van der Waals surface area contributed by atoms with Crippen LogP contribution in [-0.2, 0) is 0 Å². The fourth-order valence-electron chi connectivity index (χ4n) is 2.02. The van der Waals surface area contributed by atoms with Crippen LogP contribution in [-0.4, -0.2) is 9.97 Å². The van der Waals surface area contributed by atoms with Crippen LogP contribution in [0.5, 0.6) is 0 Å². The van der Waals surface area contributed by atoms with Crippen molar-refractivity contribution in [3.05, 3.63) is 59.2 Å². The molecule has 0 amide bonds. The van der Waals surface area contributed by atoms with E-state index >= 15 is 0 Å². The fourth-order valence-corrected chi connectivity index (χ4v) is 2.17. The van der Waals surface area contributed by atoms with E-state index < -0.39 is 5.82 Å². The van der Waals surface area contributed by atoms with Gasteiger partial charge in [0.2, 0.25) is 0 Å². The minimum atomic E-state index is -0.403. The third-order valence-corrected chi connectivity index (χ3v) is 3.03. The quantitative estimate of drug-likeness (QED) is 0.664. The maximum Gasteiger partial charge on any atom is 0.197 e. The van der Waals surface area contributed by atoms with E-state index in [1.807, 2.05) is 42.5 Å². The number of fused-ring (bicyclic) bond motifs is 1. The second-order valence-corrected chi connectivity index (χ2v) is 4.32. The number of nitrogens with one attached hydrogen (secondary N) is 1. The number of aromatic nitrogens is 2. The Morgan fingerprint density at radius 3 is 2.72 bits per heavy atom. The van der Waals surface area contributed by atoms with Crippen molar-refractivity contribution < 1.29 is 4.39 Å². The summed E-state index contributed by atoms with van der Waals surface area (Å²) < 4.78 is 14.1. The molecule has 0 aliphatic heterocycles. The van der Waals surface area contributed by atoms with E-state index in [-0.39, 0.29) is 4.77 Å². The molecule has 3 aromatic rings. The Morgan fingerprint density at radius 1 is 1.06 bits per heavy atom. The molecule has 0 radical (unpaired) electrons. The average Bonchev–Trinajstić information content (AvgIpc) is 2.41. The molecule has 0 atom stereocenters. The number of halogens is 1. The van der Waals surface area contributed by atoms with Gasteiger partial charge in [-0.2, -0.15) is 0 Å². The van der Waals surface area contributed by atoms with E-state index in [0.29, 0.717) is 5.69 Å². The van der Waals surface area contributed by atoms with Gasteiger partial charge in [0.15, 0.2) is 10.6 Å². The number of rotatable bonds is 1. The zero-order valence-electron chi connectivity index (χ0n) is 9.35. The van der Waals surface area contributed by atoms with Gasteiger partial charge < -0.3 is 4.98 Å². The number of hydrogen-bond donors (Lipinski definition) is 1. The van der Waals surface area contributed by atoms with E-state index in [0.717, 1.165) is 22.5 Å². The molecule has 1 heterocycles. The van der Waals surface area contributed by atoms with Gasteiger partial charge in [0.05, 0.1) is 11.9 Å². The number of aromatic amines is 1. The van der Waals surface area contributed by atoms with Crippen LogP contribution >= 0.6 is 12.2 Å². The molecule has 4 heteroatoms. The van der Waals surface area contributed by atoms with E-state index in [4.69, 9.17) is 12.2 Å². The van der Waals surface area contributed by atoms with Crippen LogP contribution in [0.4, 0.5) is 4.39 Å². The summed E-state index contributed by atoms with van der Waals surface area (Å²) in [5.74, 6) is -0.403. The first-order valence-corrected chi connectivity index (χ1v) is 5.89. The summed E-state index contributed by atoms with van der Waals surface area (Å²) in [7, 11) is 0. The fraction of sp³-hybridized carbons (Fsp3) is 0. The van der Waals surface area contributed by atoms with Crippen molar-refractivity contribution in [3.8, 4) is 11.3 Å². The highest BCUT2D eigenvalue weighted by atomic mass is 32.1. The molecule has 3 rings (SSSR count). The van der Waals surface area contributed by atoms with Gasteiger partial charge in [0.1, 0.15) is 0 Å². The van der Waals surface area contributed by atoms with Crippen LogP contribution < -0.4 is 0 Å². The van der Waals surface area contributed by atoms with Crippen LogP contribution in [0.3, 0.4) is 0 Å². The Morgan fingerprint density at radius 2 is 1.83 bits per heavy atom. The smallest absolute Gasteiger partial charge is 0.197 e. The van der Waals surface area contributed by atoms with Gasteiger partial charge >= 0.3 is 0 Å². The molecular formula is C14H9FN2S. The molecule has 0 saturated heterocycles.